The number of carbonyl (C=O) groups excluding carboxylic acids is 1. The molecule has 0 radical (unpaired) electrons. The quantitative estimate of drug-likeness (QED) is 0.853. The van der Waals surface area contributed by atoms with Gasteiger partial charge in [-0.05, 0) is 49.5 Å². The minimum absolute atomic E-state index is 0.109. The van der Waals surface area contributed by atoms with Crippen LogP contribution in [0.5, 0.6) is 0 Å². The summed E-state index contributed by atoms with van der Waals surface area (Å²) in [5, 5.41) is 3.95. The van der Waals surface area contributed by atoms with E-state index in [1.165, 1.54) is 0 Å². The molecule has 1 fully saturated rings. The summed E-state index contributed by atoms with van der Waals surface area (Å²) in [6.07, 6.45) is 2.65. The molecule has 3 nitrogen and oxygen atoms in total. The Bertz CT molecular complexity index is 403. The van der Waals surface area contributed by atoms with Crippen molar-refractivity contribution in [2.45, 2.75) is 25.9 Å². The standard InChI is InChI=1S/C14H18ClNO2/c15-13-3-1-2-12(8-13)10-18-14(17)9-11-4-6-16-7-5-11/h1-3,8,11,16H,4-7,9-10H2. The van der Waals surface area contributed by atoms with Crippen LogP contribution in [0.4, 0.5) is 0 Å². The lowest BCUT2D eigenvalue weighted by Crippen LogP contribution is -2.29. The third-order valence-corrected chi connectivity index (χ3v) is 3.44. The lowest BCUT2D eigenvalue weighted by molar-refractivity contribution is -0.146. The molecular formula is C14H18ClNO2. The van der Waals surface area contributed by atoms with Crippen molar-refractivity contribution in [3.05, 3.63) is 34.9 Å². The van der Waals surface area contributed by atoms with Crippen LogP contribution in [0, 0.1) is 5.92 Å². The second-order valence-electron chi connectivity index (χ2n) is 4.69. The van der Waals surface area contributed by atoms with Gasteiger partial charge in [-0.3, -0.25) is 4.79 Å². The Balaban J connectivity index is 1.74. The molecule has 0 amide bonds. The summed E-state index contributed by atoms with van der Waals surface area (Å²) in [5.41, 5.74) is 0.932. The molecule has 98 valence electrons. The van der Waals surface area contributed by atoms with E-state index < -0.39 is 0 Å². The molecule has 1 aliphatic rings. The molecule has 1 aromatic carbocycles. The van der Waals surface area contributed by atoms with Crippen LogP contribution in [0.15, 0.2) is 24.3 Å². The number of piperidine rings is 1. The maximum atomic E-state index is 11.7. The van der Waals surface area contributed by atoms with E-state index in [9.17, 15) is 4.79 Å². The molecule has 0 bridgehead atoms. The zero-order valence-corrected chi connectivity index (χ0v) is 11.1. The van der Waals surface area contributed by atoms with Crippen molar-refractivity contribution in [3.63, 3.8) is 0 Å². The van der Waals surface area contributed by atoms with E-state index in [0.717, 1.165) is 31.5 Å². The van der Waals surface area contributed by atoms with Gasteiger partial charge in [0, 0.05) is 11.4 Å². The van der Waals surface area contributed by atoms with Crippen LogP contribution in [-0.4, -0.2) is 19.1 Å². The first-order valence-electron chi connectivity index (χ1n) is 6.35. The molecule has 1 N–H and O–H groups in total. The first-order valence-corrected chi connectivity index (χ1v) is 6.72. The smallest absolute Gasteiger partial charge is 0.306 e. The Kier molecular flexibility index (Phi) is 5.02. The summed E-state index contributed by atoms with van der Waals surface area (Å²) >= 11 is 5.87. The second kappa shape index (κ2) is 6.76. The first kappa shape index (κ1) is 13.4. The highest BCUT2D eigenvalue weighted by Gasteiger charge is 2.17. The van der Waals surface area contributed by atoms with Gasteiger partial charge in [0.15, 0.2) is 0 Å². The number of hydrogen-bond acceptors (Lipinski definition) is 3. The highest BCUT2D eigenvalue weighted by molar-refractivity contribution is 6.30. The number of ether oxygens (including phenoxy) is 1. The van der Waals surface area contributed by atoms with Crippen molar-refractivity contribution in [2.24, 2.45) is 5.92 Å². The Labute approximate surface area is 112 Å². The molecule has 1 saturated heterocycles. The van der Waals surface area contributed by atoms with E-state index in [0.29, 0.717) is 24.0 Å². The van der Waals surface area contributed by atoms with Gasteiger partial charge in [0.25, 0.3) is 0 Å². The van der Waals surface area contributed by atoms with Gasteiger partial charge >= 0.3 is 5.97 Å². The summed E-state index contributed by atoms with van der Waals surface area (Å²) in [6, 6.07) is 7.39. The third kappa shape index (κ3) is 4.31. The third-order valence-electron chi connectivity index (χ3n) is 3.20. The van der Waals surface area contributed by atoms with Gasteiger partial charge < -0.3 is 10.1 Å². The van der Waals surface area contributed by atoms with Crippen LogP contribution in [0.2, 0.25) is 5.02 Å². The lowest BCUT2D eigenvalue weighted by atomic mass is 9.95. The maximum Gasteiger partial charge on any atom is 0.306 e. The van der Waals surface area contributed by atoms with Crippen LogP contribution < -0.4 is 5.32 Å². The van der Waals surface area contributed by atoms with Crippen molar-refractivity contribution in [2.75, 3.05) is 13.1 Å². The van der Waals surface area contributed by atoms with Gasteiger partial charge in [0.05, 0.1) is 0 Å². The molecule has 2 rings (SSSR count). The predicted molar refractivity (Wildman–Crippen MR) is 71.5 cm³/mol. The summed E-state index contributed by atoms with van der Waals surface area (Å²) in [4.78, 5) is 11.7. The van der Waals surface area contributed by atoms with Gasteiger partial charge in [-0.25, -0.2) is 0 Å². The van der Waals surface area contributed by atoms with E-state index in [1.54, 1.807) is 0 Å². The van der Waals surface area contributed by atoms with E-state index in [4.69, 9.17) is 16.3 Å². The number of carbonyl (C=O) groups is 1. The van der Waals surface area contributed by atoms with Crippen molar-refractivity contribution in [1.82, 2.24) is 5.32 Å². The first-order chi connectivity index (χ1) is 8.74. The van der Waals surface area contributed by atoms with Crippen molar-refractivity contribution in [3.8, 4) is 0 Å². The fourth-order valence-corrected chi connectivity index (χ4v) is 2.38. The minimum Gasteiger partial charge on any atom is -0.461 e. The normalized spacial score (nSPS) is 16.5. The molecule has 0 unspecified atom stereocenters. The fraction of sp³-hybridized carbons (Fsp3) is 0.500. The van der Waals surface area contributed by atoms with Gasteiger partial charge in [0.2, 0.25) is 0 Å². The Morgan fingerprint density at radius 1 is 1.39 bits per heavy atom. The van der Waals surface area contributed by atoms with Crippen LogP contribution in [0.25, 0.3) is 0 Å². The molecule has 0 spiro atoms. The molecule has 1 heterocycles. The average molecular weight is 268 g/mol. The summed E-state index contributed by atoms with van der Waals surface area (Å²) in [5.74, 6) is 0.361. The Morgan fingerprint density at radius 3 is 2.89 bits per heavy atom. The summed E-state index contributed by atoms with van der Waals surface area (Å²) < 4.78 is 5.27. The zero-order chi connectivity index (χ0) is 12.8. The number of rotatable bonds is 4. The second-order valence-corrected chi connectivity index (χ2v) is 5.12. The predicted octanol–water partition coefficient (Wildman–Crippen LogP) is 2.77. The van der Waals surface area contributed by atoms with Gasteiger partial charge in [0.1, 0.15) is 6.61 Å². The molecule has 0 saturated carbocycles. The highest BCUT2D eigenvalue weighted by atomic mass is 35.5. The molecule has 1 aliphatic heterocycles. The molecule has 1 aromatic rings. The fourth-order valence-electron chi connectivity index (χ4n) is 2.17. The van der Waals surface area contributed by atoms with E-state index in [2.05, 4.69) is 5.32 Å². The number of esters is 1. The summed E-state index contributed by atoms with van der Waals surface area (Å²) in [6.45, 7) is 2.32. The minimum atomic E-state index is -0.109. The van der Waals surface area contributed by atoms with Crippen LogP contribution in [0.3, 0.4) is 0 Å². The topological polar surface area (TPSA) is 38.3 Å². The van der Waals surface area contributed by atoms with Gasteiger partial charge in [-0.1, -0.05) is 23.7 Å². The average Bonchev–Trinajstić information content (AvgIpc) is 2.38. The number of benzene rings is 1. The Hall–Kier alpha value is -1.06. The van der Waals surface area contributed by atoms with Crippen molar-refractivity contribution >= 4 is 17.6 Å². The number of nitrogens with one attached hydrogen (secondary N) is 1. The number of hydrogen-bond donors (Lipinski definition) is 1. The van der Waals surface area contributed by atoms with Crippen molar-refractivity contribution in [1.29, 1.82) is 0 Å². The van der Waals surface area contributed by atoms with Crippen molar-refractivity contribution < 1.29 is 9.53 Å². The Morgan fingerprint density at radius 2 is 2.17 bits per heavy atom. The maximum absolute atomic E-state index is 11.7. The molecule has 0 aromatic heterocycles. The zero-order valence-electron chi connectivity index (χ0n) is 10.3. The van der Waals surface area contributed by atoms with Gasteiger partial charge in [-0.2, -0.15) is 0 Å². The molecule has 18 heavy (non-hydrogen) atoms. The van der Waals surface area contributed by atoms with E-state index in [-0.39, 0.29) is 5.97 Å². The largest absolute Gasteiger partial charge is 0.461 e. The van der Waals surface area contributed by atoms with Crippen LogP contribution in [-0.2, 0) is 16.1 Å². The van der Waals surface area contributed by atoms with Crippen LogP contribution >= 0.6 is 11.6 Å². The highest BCUT2D eigenvalue weighted by Crippen LogP contribution is 2.17. The number of halogens is 1. The monoisotopic (exact) mass is 267 g/mol. The van der Waals surface area contributed by atoms with E-state index in [1.807, 2.05) is 24.3 Å². The van der Waals surface area contributed by atoms with E-state index >= 15 is 0 Å². The summed E-state index contributed by atoms with van der Waals surface area (Å²) in [7, 11) is 0. The molecule has 4 heteroatoms. The van der Waals surface area contributed by atoms with Gasteiger partial charge in [-0.15, -0.1) is 0 Å². The SMILES string of the molecule is O=C(CC1CCNCC1)OCc1cccc(Cl)c1. The lowest BCUT2D eigenvalue weighted by Gasteiger charge is -2.21. The molecular weight excluding hydrogens is 250 g/mol. The van der Waals surface area contributed by atoms with Crippen LogP contribution in [0.1, 0.15) is 24.8 Å². The molecule has 0 aliphatic carbocycles. The molecule has 0 atom stereocenters.